The van der Waals surface area contributed by atoms with E-state index >= 15 is 0 Å². The molecule has 130 valence electrons. The second-order valence-corrected chi connectivity index (χ2v) is 6.08. The lowest BCUT2D eigenvalue weighted by molar-refractivity contribution is 0.103. The Bertz CT molecular complexity index is 1140. The van der Waals surface area contributed by atoms with Gasteiger partial charge in [0.2, 0.25) is 0 Å². The third-order valence-corrected chi connectivity index (χ3v) is 4.36. The molecule has 0 saturated heterocycles. The molecule has 4 heteroatoms. The van der Waals surface area contributed by atoms with Gasteiger partial charge in [0.05, 0.1) is 11.3 Å². The first-order valence-corrected chi connectivity index (χ1v) is 8.59. The fraction of sp³-hybridized carbons (Fsp3) is 0. The largest absolute Gasteiger partial charge is 0.288 e. The van der Waals surface area contributed by atoms with Crippen molar-refractivity contribution < 1.29 is 4.79 Å². The second-order valence-electron chi connectivity index (χ2n) is 6.08. The smallest absolute Gasteiger partial charge is 0.276 e. The van der Waals surface area contributed by atoms with E-state index in [2.05, 4.69) is 10.2 Å². The van der Waals surface area contributed by atoms with Crippen LogP contribution in [0.25, 0.3) is 22.4 Å². The van der Waals surface area contributed by atoms with E-state index in [1.807, 2.05) is 66.7 Å². The average molecular weight is 352 g/mol. The Morgan fingerprint density at radius 2 is 1.22 bits per heavy atom. The summed E-state index contributed by atoms with van der Waals surface area (Å²) in [5.74, 6) is -0.324. The van der Waals surface area contributed by atoms with Gasteiger partial charge >= 0.3 is 0 Å². The summed E-state index contributed by atoms with van der Waals surface area (Å²) in [6.07, 6.45) is 0. The van der Waals surface area contributed by atoms with Gasteiger partial charge < -0.3 is 0 Å². The summed E-state index contributed by atoms with van der Waals surface area (Å²) in [7, 11) is 0. The number of carbonyl (C=O) groups is 1. The number of H-pyrrole nitrogens is 1. The molecule has 0 unspecified atom stereocenters. The van der Waals surface area contributed by atoms with Crippen LogP contribution in [0.4, 0.5) is 0 Å². The standard InChI is InChI=1S/C23H16N2O2/c26-22(18-14-8-3-9-15-18)20-19(16-10-4-1-5-11-16)21(24-25-23(20)27)17-12-6-2-7-13-17/h1-15H,(H,25,27). The van der Waals surface area contributed by atoms with Crippen molar-refractivity contribution >= 4 is 5.78 Å². The Hall–Kier alpha value is -3.79. The average Bonchev–Trinajstić information content (AvgIpc) is 2.75. The van der Waals surface area contributed by atoms with E-state index in [0.29, 0.717) is 16.8 Å². The highest BCUT2D eigenvalue weighted by Gasteiger charge is 2.23. The molecule has 0 bridgehead atoms. The number of aromatic nitrogens is 2. The van der Waals surface area contributed by atoms with E-state index < -0.39 is 5.56 Å². The van der Waals surface area contributed by atoms with E-state index in [9.17, 15) is 9.59 Å². The lowest BCUT2D eigenvalue weighted by Gasteiger charge is -2.13. The van der Waals surface area contributed by atoms with Gasteiger partial charge in [0.25, 0.3) is 5.56 Å². The van der Waals surface area contributed by atoms with Gasteiger partial charge in [-0.2, -0.15) is 5.10 Å². The van der Waals surface area contributed by atoms with Gasteiger partial charge in [0.1, 0.15) is 0 Å². The van der Waals surface area contributed by atoms with Crippen molar-refractivity contribution in [2.45, 2.75) is 0 Å². The molecule has 0 radical (unpaired) electrons. The number of ketones is 1. The Morgan fingerprint density at radius 1 is 0.704 bits per heavy atom. The summed E-state index contributed by atoms with van der Waals surface area (Å²) in [6, 6.07) is 27.7. The predicted octanol–water partition coefficient (Wildman–Crippen LogP) is 4.33. The van der Waals surface area contributed by atoms with Crippen LogP contribution in [0.3, 0.4) is 0 Å². The molecule has 0 atom stereocenters. The number of benzene rings is 3. The molecule has 4 nitrogen and oxygen atoms in total. The summed E-state index contributed by atoms with van der Waals surface area (Å²) in [4.78, 5) is 25.9. The fourth-order valence-corrected chi connectivity index (χ4v) is 3.09. The van der Waals surface area contributed by atoms with Gasteiger partial charge in [-0.3, -0.25) is 9.59 Å². The summed E-state index contributed by atoms with van der Waals surface area (Å²) < 4.78 is 0. The molecule has 27 heavy (non-hydrogen) atoms. The first-order chi connectivity index (χ1) is 13.3. The maximum Gasteiger partial charge on any atom is 0.276 e. The molecule has 0 spiro atoms. The Balaban J connectivity index is 2.04. The third-order valence-electron chi connectivity index (χ3n) is 4.36. The van der Waals surface area contributed by atoms with E-state index in [0.717, 1.165) is 11.1 Å². The maximum absolute atomic E-state index is 13.2. The topological polar surface area (TPSA) is 62.8 Å². The lowest BCUT2D eigenvalue weighted by atomic mass is 9.92. The highest BCUT2D eigenvalue weighted by molar-refractivity contribution is 6.14. The molecule has 4 aromatic rings. The van der Waals surface area contributed by atoms with Crippen LogP contribution in [-0.4, -0.2) is 16.0 Å². The van der Waals surface area contributed by atoms with Crippen molar-refractivity contribution in [1.82, 2.24) is 10.2 Å². The number of aromatic amines is 1. The summed E-state index contributed by atoms with van der Waals surface area (Å²) >= 11 is 0. The van der Waals surface area contributed by atoms with Crippen molar-refractivity contribution in [3.8, 4) is 22.4 Å². The zero-order valence-corrected chi connectivity index (χ0v) is 14.4. The molecule has 0 saturated carbocycles. The van der Waals surface area contributed by atoms with Gasteiger partial charge in [-0.25, -0.2) is 5.10 Å². The molecule has 1 heterocycles. The Kier molecular flexibility index (Phi) is 4.45. The van der Waals surface area contributed by atoms with Gasteiger partial charge in [0, 0.05) is 16.7 Å². The number of nitrogens with zero attached hydrogens (tertiary/aromatic N) is 1. The molecule has 0 aliphatic heterocycles. The number of rotatable bonds is 4. The van der Waals surface area contributed by atoms with Gasteiger partial charge in [-0.05, 0) is 5.56 Å². The minimum Gasteiger partial charge on any atom is -0.288 e. The van der Waals surface area contributed by atoms with Crippen molar-refractivity contribution in [3.05, 3.63) is 112 Å². The molecule has 1 N–H and O–H groups in total. The van der Waals surface area contributed by atoms with Crippen LogP contribution in [-0.2, 0) is 0 Å². The van der Waals surface area contributed by atoms with Crippen LogP contribution in [0.2, 0.25) is 0 Å². The second kappa shape index (κ2) is 7.22. The van der Waals surface area contributed by atoms with Crippen LogP contribution in [0, 0.1) is 0 Å². The molecule has 0 amide bonds. The van der Waals surface area contributed by atoms with Crippen LogP contribution >= 0.6 is 0 Å². The minimum atomic E-state index is -0.498. The van der Waals surface area contributed by atoms with Crippen LogP contribution in [0.5, 0.6) is 0 Å². The van der Waals surface area contributed by atoms with Crippen LogP contribution in [0.1, 0.15) is 15.9 Å². The minimum absolute atomic E-state index is 0.0984. The van der Waals surface area contributed by atoms with E-state index in [1.165, 1.54) is 0 Å². The van der Waals surface area contributed by atoms with Crippen molar-refractivity contribution in [2.24, 2.45) is 0 Å². The van der Waals surface area contributed by atoms with Crippen molar-refractivity contribution in [1.29, 1.82) is 0 Å². The number of carbonyl (C=O) groups excluding carboxylic acids is 1. The third kappa shape index (κ3) is 3.20. The molecule has 0 aliphatic rings. The van der Waals surface area contributed by atoms with E-state index in [-0.39, 0.29) is 11.3 Å². The zero-order valence-electron chi connectivity index (χ0n) is 14.4. The molecular weight excluding hydrogens is 336 g/mol. The highest BCUT2D eigenvalue weighted by Crippen LogP contribution is 2.32. The Labute approximate surface area is 156 Å². The van der Waals surface area contributed by atoms with Crippen molar-refractivity contribution in [2.75, 3.05) is 0 Å². The van der Waals surface area contributed by atoms with Gasteiger partial charge in [-0.15, -0.1) is 0 Å². The summed E-state index contributed by atoms with van der Waals surface area (Å²) in [5, 5.41) is 6.77. The molecule has 0 fully saturated rings. The number of nitrogens with one attached hydrogen (secondary N) is 1. The molecular formula is C23H16N2O2. The Morgan fingerprint density at radius 3 is 1.81 bits per heavy atom. The molecule has 0 aliphatic carbocycles. The molecule has 3 aromatic carbocycles. The quantitative estimate of drug-likeness (QED) is 0.556. The van der Waals surface area contributed by atoms with Gasteiger partial charge in [-0.1, -0.05) is 91.0 Å². The monoisotopic (exact) mass is 352 g/mol. The summed E-state index contributed by atoms with van der Waals surface area (Å²) in [6.45, 7) is 0. The fourth-order valence-electron chi connectivity index (χ4n) is 3.09. The summed E-state index contributed by atoms with van der Waals surface area (Å²) in [5.41, 5.74) is 2.78. The normalized spacial score (nSPS) is 10.5. The van der Waals surface area contributed by atoms with Gasteiger partial charge in [0.15, 0.2) is 5.78 Å². The van der Waals surface area contributed by atoms with Crippen molar-refractivity contribution in [3.63, 3.8) is 0 Å². The number of hydrogen-bond acceptors (Lipinski definition) is 3. The SMILES string of the molecule is O=C(c1ccccc1)c1c(-c2ccccc2)c(-c2ccccc2)n[nH]c1=O. The molecule has 1 aromatic heterocycles. The molecule has 4 rings (SSSR count). The van der Waals surface area contributed by atoms with Crippen LogP contribution < -0.4 is 5.56 Å². The first-order valence-electron chi connectivity index (χ1n) is 8.59. The zero-order chi connectivity index (χ0) is 18.6. The lowest BCUT2D eigenvalue weighted by Crippen LogP contribution is -2.22. The number of hydrogen-bond donors (Lipinski definition) is 1. The highest BCUT2D eigenvalue weighted by atomic mass is 16.1. The first kappa shape index (κ1) is 16.7. The van der Waals surface area contributed by atoms with E-state index in [4.69, 9.17) is 0 Å². The predicted molar refractivity (Wildman–Crippen MR) is 106 cm³/mol. The van der Waals surface area contributed by atoms with E-state index in [1.54, 1.807) is 24.3 Å². The maximum atomic E-state index is 13.2. The van der Waals surface area contributed by atoms with Crippen LogP contribution in [0.15, 0.2) is 95.8 Å².